The first-order valence-corrected chi connectivity index (χ1v) is 7.46. The summed E-state index contributed by atoms with van der Waals surface area (Å²) in [5.41, 5.74) is 8.49. The fourth-order valence-electron chi connectivity index (χ4n) is 2.57. The number of nitrogens with zero attached hydrogens (tertiary/aromatic N) is 1. The molecule has 0 spiro atoms. The summed E-state index contributed by atoms with van der Waals surface area (Å²) in [7, 11) is 0. The summed E-state index contributed by atoms with van der Waals surface area (Å²) in [6.07, 6.45) is 3.01. The van der Waals surface area contributed by atoms with E-state index in [0.29, 0.717) is 12.5 Å². The molecule has 22 heavy (non-hydrogen) atoms. The van der Waals surface area contributed by atoms with E-state index in [2.05, 4.69) is 49.1 Å². The average molecular weight is 347 g/mol. The SMILES string of the molecule is CC(C)CC=C(CN1C[C@@H](N)[C@H](O)C1)c1ccccc1.Cl.Cl. The molecule has 126 valence electrons. The highest BCUT2D eigenvalue weighted by Crippen LogP contribution is 2.20. The largest absolute Gasteiger partial charge is 0.390 e. The predicted octanol–water partition coefficient (Wildman–Crippen LogP) is 2.96. The van der Waals surface area contributed by atoms with Crippen molar-refractivity contribution in [2.24, 2.45) is 11.7 Å². The van der Waals surface area contributed by atoms with Crippen LogP contribution in [0.1, 0.15) is 25.8 Å². The molecule has 5 heteroatoms. The normalized spacial score (nSPS) is 22.3. The molecule has 1 fully saturated rings. The third-order valence-electron chi connectivity index (χ3n) is 3.78. The smallest absolute Gasteiger partial charge is 0.0830 e. The molecule has 0 amide bonds. The van der Waals surface area contributed by atoms with E-state index < -0.39 is 6.10 Å². The van der Waals surface area contributed by atoms with E-state index >= 15 is 0 Å². The van der Waals surface area contributed by atoms with Crippen LogP contribution in [0, 0.1) is 5.92 Å². The van der Waals surface area contributed by atoms with Crippen molar-refractivity contribution in [3.63, 3.8) is 0 Å². The lowest BCUT2D eigenvalue weighted by Crippen LogP contribution is -2.32. The maximum atomic E-state index is 9.78. The van der Waals surface area contributed by atoms with Crippen molar-refractivity contribution in [2.45, 2.75) is 32.4 Å². The van der Waals surface area contributed by atoms with Crippen LogP contribution in [0.3, 0.4) is 0 Å². The van der Waals surface area contributed by atoms with E-state index in [9.17, 15) is 5.11 Å². The van der Waals surface area contributed by atoms with Crippen LogP contribution in [0.2, 0.25) is 0 Å². The second-order valence-corrected chi connectivity index (χ2v) is 6.15. The predicted molar refractivity (Wildman–Crippen MR) is 98.8 cm³/mol. The van der Waals surface area contributed by atoms with Crippen molar-refractivity contribution in [1.82, 2.24) is 4.90 Å². The number of aliphatic hydroxyl groups is 1. The summed E-state index contributed by atoms with van der Waals surface area (Å²) >= 11 is 0. The highest BCUT2D eigenvalue weighted by Gasteiger charge is 2.28. The fourth-order valence-corrected chi connectivity index (χ4v) is 2.57. The van der Waals surface area contributed by atoms with Gasteiger partial charge in [0.25, 0.3) is 0 Å². The zero-order chi connectivity index (χ0) is 14.5. The molecule has 2 rings (SSSR count). The Kier molecular flexibility index (Phi) is 9.97. The zero-order valence-corrected chi connectivity index (χ0v) is 14.9. The number of β-amino-alcohol motifs (C(OH)–C–C–N with tert-alkyl or cyclic N) is 1. The second kappa shape index (κ2) is 10.2. The Labute approximate surface area is 146 Å². The maximum absolute atomic E-state index is 9.78. The molecule has 3 nitrogen and oxygen atoms in total. The van der Waals surface area contributed by atoms with Crippen molar-refractivity contribution in [2.75, 3.05) is 19.6 Å². The number of hydrogen-bond donors (Lipinski definition) is 2. The number of nitrogens with two attached hydrogens (primary N) is 1. The molecule has 3 N–H and O–H groups in total. The van der Waals surface area contributed by atoms with Gasteiger partial charge in [0.05, 0.1) is 6.10 Å². The van der Waals surface area contributed by atoms with Crippen LogP contribution in [0.15, 0.2) is 36.4 Å². The highest BCUT2D eigenvalue weighted by atomic mass is 35.5. The number of aliphatic hydroxyl groups excluding tert-OH is 1. The van der Waals surface area contributed by atoms with Crippen LogP contribution in [0.4, 0.5) is 0 Å². The molecule has 1 heterocycles. The van der Waals surface area contributed by atoms with Crippen LogP contribution in [0.5, 0.6) is 0 Å². The number of benzene rings is 1. The van der Waals surface area contributed by atoms with Gasteiger partial charge in [-0.05, 0) is 23.5 Å². The van der Waals surface area contributed by atoms with Crippen molar-refractivity contribution in [3.05, 3.63) is 42.0 Å². The van der Waals surface area contributed by atoms with Crippen LogP contribution in [0.25, 0.3) is 5.57 Å². The first kappa shape index (κ1) is 21.4. The van der Waals surface area contributed by atoms with Crippen LogP contribution in [-0.4, -0.2) is 41.8 Å². The molecule has 1 saturated heterocycles. The Balaban J connectivity index is 0.00000220. The van der Waals surface area contributed by atoms with E-state index in [0.717, 1.165) is 19.5 Å². The molecule has 1 aliphatic heterocycles. The summed E-state index contributed by atoms with van der Waals surface area (Å²) in [4.78, 5) is 2.24. The van der Waals surface area contributed by atoms with E-state index in [1.54, 1.807) is 0 Å². The minimum Gasteiger partial charge on any atom is -0.390 e. The van der Waals surface area contributed by atoms with Crippen molar-refractivity contribution in [3.8, 4) is 0 Å². The third-order valence-corrected chi connectivity index (χ3v) is 3.78. The summed E-state index contributed by atoms with van der Waals surface area (Å²) in [5.74, 6) is 0.653. The van der Waals surface area contributed by atoms with Crippen LogP contribution < -0.4 is 5.73 Å². The van der Waals surface area contributed by atoms with Gasteiger partial charge in [-0.25, -0.2) is 0 Å². The minimum absolute atomic E-state index is 0. The summed E-state index contributed by atoms with van der Waals surface area (Å²) in [6, 6.07) is 10.4. The van der Waals surface area contributed by atoms with Gasteiger partial charge >= 0.3 is 0 Å². The topological polar surface area (TPSA) is 49.5 Å². The van der Waals surface area contributed by atoms with Gasteiger partial charge in [-0.2, -0.15) is 0 Å². The van der Waals surface area contributed by atoms with Gasteiger partial charge in [0.15, 0.2) is 0 Å². The van der Waals surface area contributed by atoms with Crippen molar-refractivity contribution < 1.29 is 5.11 Å². The molecule has 2 atom stereocenters. The lowest BCUT2D eigenvalue weighted by atomic mass is 10.0. The average Bonchev–Trinajstić information content (AvgIpc) is 2.74. The molecule has 0 bridgehead atoms. The maximum Gasteiger partial charge on any atom is 0.0830 e. The Bertz CT molecular complexity index is 441. The molecule has 1 aliphatic rings. The van der Waals surface area contributed by atoms with Gasteiger partial charge in [-0.1, -0.05) is 50.3 Å². The molecular formula is C17H28Cl2N2O. The van der Waals surface area contributed by atoms with E-state index in [1.165, 1.54) is 11.1 Å². The third kappa shape index (κ3) is 6.27. The lowest BCUT2D eigenvalue weighted by molar-refractivity contribution is 0.168. The number of hydrogen-bond acceptors (Lipinski definition) is 3. The van der Waals surface area contributed by atoms with E-state index in [1.807, 2.05) is 6.07 Å². The van der Waals surface area contributed by atoms with Crippen molar-refractivity contribution >= 4 is 30.4 Å². The highest BCUT2D eigenvalue weighted by molar-refractivity contribution is 5.85. The van der Waals surface area contributed by atoms with Gasteiger partial charge in [-0.15, -0.1) is 24.8 Å². The van der Waals surface area contributed by atoms with Crippen LogP contribution in [-0.2, 0) is 0 Å². The second-order valence-electron chi connectivity index (χ2n) is 6.15. The zero-order valence-electron chi connectivity index (χ0n) is 13.3. The number of halogens is 2. The molecular weight excluding hydrogens is 319 g/mol. The summed E-state index contributed by atoms with van der Waals surface area (Å²) in [5, 5.41) is 9.78. The van der Waals surface area contributed by atoms with Crippen LogP contribution >= 0.6 is 24.8 Å². The number of rotatable bonds is 5. The molecule has 0 saturated carbocycles. The first-order chi connectivity index (χ1) is 9.56. The summed E-state index contributed by atoms with van der Waals surface area (Å²) < 4.78 is 0. The van der Waals surface area contributed by atoms with E-state index in [-0.39, 0.29) is 30.9 Å². The minimum atomic E-state index is -0.392. The Morgan fingerprint density at radius 2 is 1.91 bits per heavy atom. The van der Waals surface area contributed by atoms with Gasteiger partial charge in [0, 0.05) is 25.7 Å². The monoisotopic (exact) mass is 346 g/mol. The van der Waals surface area contributed by atoms with Gasteiger partial charge < -0.3 is 10.8 Å². The van der Waals surface area contributed by atoms with Gasteiger partial charge in [-0.3, -0.25) is 4.90 Å². The Hall–Kier alpha value is -0.580. The molecule has 1 aromatic carbocycles. The Morgan fingerprint density at radius 3 is 2.41 bits per heavy atom. The standard InChI is InChI=1S/C17H26N2O.2ClH/c1-13(2)8-9-15(14-6-4-3-5-7-14)10-19-11-16(18)17(20)12-19;;/h3-7,9,13,16-17,20H,8,10-12,18H2,1-2H3;2*1H/t16-,17-;;/m1../s1. The molecule has 0 aliphatic carbocycles. The number of allylic oxidation sites excluding steroid dienone is 1. The Morgan fingerprint density at radius 1 is 1.27 bits per heavy atom. The van der Waals surface area contributed by atoms with E-state index in [4.69, 9.17) is 5.73 Å². The van der Waals surface area contributed by atoms with Gasteiger partial charge in [0.2, 0.25) is 0 Å². The summed E-state index contributed by atoms with van der Waals surface area (Å²) in [6.45, 7) is 6.77. The lowest BCUT2D eigenvalue weighted by Gasteiger charge is -2.18. The molecule has 0 aromatic heterocycles. The van der Waals surface area contributed by atoms with Gasteiger partial charge in [0.1, 0.15) is 0 Å². The molecule has 0 unspecified atom stereocenters. The first-order valence-electron chi connectivity index (χ1n) is 7.46. The fraction of sp³-hybridized carbons (Fsp3) is 0.529. The van der Waals surface area contributed by atoms with Crippen molar-refractivity contribution in [1.29, 1.82) is 0 Å². The molecule has 0 radical (unpaired) electrons. The molecule has 1 aromatic rings. The quantitative estimate of drug-likeness (QED) is 0.861. The number of likely N-dealkylation sites (tertiary alicyclic amines) is 1.